The molecule has 2 fully saturated rings. The van der Waals surface area contributed by atoms with Crippen LogP contribution in [-0.2, 0) is 38.6 Å². The Hall–Kier alpha value is -0.960. The number of aliphatic hydroxyl groups is 7. The van der Waals surface area contributed by atoms with E-state index < -0.39 is 49.0 Å². The van der Waals surface area contributed by atoms with Crippen molar-refractivity contribution in [3.8, 4) is 0 Å². The fraction of sp³-hybridized carbons (Fsp3) is 0.789. The summed E-state index contributed by atoms with van der Waals surface area (Å²) in [5.41, 5.74) is 0. The molecular formula is C19H35NaO16. The minimum Gasteiger partial charge on any atom is -1.00 e. The van der Waals surface area contributed by atoms with E-state index in [1.165, 1.54) is 20.8 Å². The van der Waals surface area contributed by atoms with Crippen LogP contribution in [0.5, 0.6) is 0 Å². The van der Waals surface area contributed by atoms with E-state index in [4.69, 9.17) is 40.3 Å². The summed E-state index contributed by atoms with van der Waals surface area (Å²) in [6.07, 6.45) is -9.27. The Kier molecular flexibility index (Phi) is 24.2. The van der Waals surface area contributed by atoms with Crippen LogP contribution in [0.3, 0.4) is 0 Å². The molecule has 0 radical (unpaired) electrons. The van der Waals surface area contributed by atoms with Crippen LogP contribution in [0.15, 0.2) is 0 Å². The van der Waals surface area contributed by atoms with Crippen LogP contribution in [0, 0.1) is 0 Å². The molecule has 2 rings (SSSR count). The molecular weight excluding hydrogens is 507 g/mol. The van der Waals surface area contributed by atoms with Crippen molar-refractivity contribution >= 4 is 23.8 Å². The van der Waals surface area contributed by atoms with Crippen molar-refractivity contribution in [1.82, 2.24) is 0 Å². The minimum absolute atomic E-state index is 0. The van der Waals surface area contributed by atoms with Gasteiger partial charge >= 0.3 is 36.0 Å². The van der Waals surface area contributed by atoms with Crippen LogP contribution in [-0.4, -0.2) is 127 Å². The fourth-order valence-corrected chi connectivity index (χ4v) is 2.49. The molecule has 0 aliphatic carbocycles. The number of carbonyl (C=O) groups excluding carboxylic acids is 4. The number of aliphatic hydroxyl groups excluding tert-OH is 7. The van der Waals surface area contributed by atoms with Crippen molar-refractivity contribution in [3.63, 3.8) is 0 Å². The van der Waals surface area contributed by atoms with E-state index in [-0.39, 0.29) is 80.9 Å². The Morgan fingerprint density at radius 3 is 1.56 bits per heavy atom. The van der Waals surface area contributed by atoms with Gasteiger partial charge in [-0.15, -0.1) is 0 Å². The third-order valence-electron chi connectivity index (χ3n) is 4.15. The molecule has 2 saturated heterocycles. The summed E-state index contributed by atoms with van der Waals surface area (Å²) in [4.78, 5) is 42.9. The molecule has 0 spiro atoms. The topological polar surface area (TPSA) is 267 Å². The van der Waals surface area contributed by atoms with Crippen LogP contribution >= 0.6 is 0 Å². The Balaban J connectivity index is -0.000000204. The van der Waals surface area contributed by atoms with Gasteiger partial charge < -0.3 is 46.6 Å². The molecule has 0 aromatic carbocycles. The van der Waals surface area contributed by atoms with Crippen molar-refractivity contribution < 1.29 is 111 Å². The molecule has 2 aliphatic heterocycles. The van der Waals surface area contributed by atoms with E-state index in [1.807, 2.05) is 0 Å². The van der Waals surface area contributed by atoms with Crippen molar-refractivity contribution in [2.75, 3.05) is 13.2 Å². The molecule has 17 heteroatoms. The van der Waals surface area contributed by atoms with E-state index in [0.717, 1.165) is 0 Å². The Morgan fingerprint density at radius 1 is 0.806 bits per heavy atom. The molecule has 0 aromatic heterocycles. The second-order valence-corrected chi connectivity index (χ2v) is 7.45. The molecule has 0 aromatic rings. The average Bonchev–Trinajstić information content (AvgIpc) is 2.76. The van der Waals surface area contributed by atoms with Crippen LogP contribution in [0.2, 0.25) is 0 Å². The summed E-state index contributed by atoms with van der Waals surface area (Å²) in [6.45, 7) is 3.95. The van der Waals surface area contributed by atoms with E-state index in [2.05, 4.69) is 14.7 Å². The first-order valence-electron chi connectivity index (χ1n) is 10.1. The monoisotopic (exact) mass is 542 g/mol. The Labute approximate surface area is 230 Å². The molecule has 16 nitrogen and oxygen atoms in total. The second-order valence-electron chi connectivity index (χ2n) is 7.45. The molecule has 1 unspecified atom stereocenters. The zero-order valence-corrected chi connectivity index (χ0v) is 22.4. The molecule has 0 amide bonds. The van der Waals surface area contributed by atoms with E-state index in [1.54, 1.807) is 0 Å². The van der Waals surface area contributed by atoms with Crippen LogP contribution in [0.1, 0.15) is 35.0 Å². The van der Waals surface area contributed by atoms with Crippen LogP contribution in [0.4, 0.5) is 0 Å². The number of Topliss-reactive ketones (excluding diaryl/α,β-unsaturated/α-hetero) is 3. The Morgan fingerprint density at radius 2 is 1.25 bits per heavy atom. The van der Waals surface area contributed by atoms with Gasteiger partial charge in [0.25, 0.3) is 0 Å². The first-order chi connectivity index (χ1) is 16.2. The summed E-state index contributed by atoms with van der Waals surface area (Å²) < 4.78 is 9.47. The van der Waals surface area contributed by atoms with E-state index >= 15 is 0 Å². The second kappa shape index (κ2) is 22.1. The van der Waals surface area contributed by atoms with Crippen molar-refractivity contribution in [1.29, 1.82) is 0 Å². The third-order valence-corrected chi connectivity index (χ3v) is 4.15. The quantitative estimate of drug-likeness (QED) is 0.0509. The SMILES string of the molecule is CC(=O)CC(C)=O.CC(=O)C[C@@H]1OC[C@@H](O)[C@H](O)[C@H]1O.O=COOO.OC1OC[C@@H](O)[C@H](O)[C@H]1O.[H-].[Na+]. The summed E-state index contributed by atoms with van der Waals surface area (Å²) in [5.74, 6) is -0.243. The molecule has 208 valence electrons. The normalized spacial score (nSPS) is 30.8. The first-order valence-corrected chi connectivity index (χ1v) is 10.1. The molecule has 0 saturated carbocycles. The van der Waals surface area contributed by atoms with Gasteiger partial charge in [0.15, 0.2) is 6.29 Å². The summed E-state index contributed by atoms with van der Waals surface area (Å²) in [5, 5.41) is 72.9. The number of hydrogen-bond donors (Lipinski definition) is 8. The smallest absolute Gasteiger partial charge is 1.00 e. The van der Waals surface area contributed by atoms with Crippen LogP contribution < -0.4 is 29.6 Å². The molecule has 2 heterocycles. The van der Waals surface area contributed by atoms with Gasteiger partial charge in [-0.3, -0.25) is 24.1 Å². The fourth-order valence-electron chi connectivity index (χ4n) is 2.49. The maximum atomic E-state index is 10.7. The Bertz CT molecular complexity index is 615. The van der Waals surface area contributed by atoms with Crippen molar-refractivity contribution in [2.45, 2.75) is 82.6 Å². The zero-order chi connectivity index (χ0) is 27.7. The van der Waals surface area contributed by atoms with E-state index in [0.29, 0.717) is 0 Å². The van der Waals surface area contributed by atoms with Gasteiger partial charge in [-0.05, 0) is 25.8 Å². The number of hydrogen-bond acceptors (Lipinski definition) is 16. The molecule has 8 N–H and O–H groups in total. The summed E-state index contributed by atoms with van der Waals surface area (Å²) in [7, 11) is 0. The summed E-state index contributed by atoms with van der Waals surface area (Å²) in [6, 6.07) is 0. The summed E-state index contributed by atoms with van der Waals surface area (Å²) >= 11 is 0. The molecule has 8 atom stereocenters. The van der Waals surface area contributed by atoms with Gasteiger partial charge in [0, 0.05) is 6.42 Å². The van der Waals surface area contributed by atoms with Gasteiger partial charge in [-0.25, -0.2) is 5.26 Å². The van der Waals surface area contributed by atoms with Gasteiger partial charge in [0.2, 0.25) is 0 Å². The van der Waals surface area contributed by atoms with Gasteiger partial charge in [-0.2, -0.15) is 0 Å². The largest absolute Gasteiger partial charge is 1.00 e. The maximum absolute atomic E-state index is 10.7. The van der Waals surface area contributed by atoms with Gasteiger partial charge in [0.1, 0.15) is 54.0 Å². The third kappa shape index (κ3) is 18.3. The molecule has 0 bridgehead atoms. The van der Waals surface area contributed by atoms with Gasteiger partial charge in [0.05, 0.1) is 25.7 Å². The van der Waals surface area contributed by atoms with Crippen LogP contribution in [0.25, 0.3) is 0 Å². The molecule has 2 aliphatic rings. The van der Waals surface area contributed by atoms with Gasteiger partial charge in [-0.1, -0.05) is 0 Å². The molecule has 36 heavy (non-hydrogen) atoms. The predicted octanol–water partition coefficient (Wildman–Crippen LogP) is -6.90. The first kappa shape index (κ1) is 39.6. The van der Waals surface area contributed by atoms with E-state index in [9.17, 15) is 24.6 Å². The number of rotatable bonds is 6. The zero-order valence-electron chi connectivity index (χ0n) is 21.4. The number of ketones is 3. The average molecular weight is 542 g/mol. The van der Waals surface area contributed by atoms with Crippen molar-refractivity contribution in [3.05, 3.63) is 0 Å². The standard InChI is InChI=1S/C8H14O5.C5H10O5.C5H8O2.CH2O4.Na.H/c1-4(9)2-6-8(12)7(11)5(10)3-13-6;6-2-1-10-5(9)4(8)3(2)7;1-4(6)3-5(2)7;2-1-4-5-3;;/h5-8,10-12H,2-3H2,1H3;2-9H,1H2;3H2,1-2H3;1,3H;;/q;;;;+1;-1/t5-,6+,7+,8+;2-,3+,4-,5?;;;;/m11..../s1. The number of ether oxygens (including phenoxy) is 2. The minimum atomic E-state index is -1.41. The van der Waals surface area contributed by atoms with Crippen molar-refractivity contribution in [2.24, 2.45) is 0 Å². The predicted molar refractivity (Wildman–Crippen MR) is 111 cm³/mol. The number of carbonyl (C=O) groups is 4. The maximum Gasteiger partial charge on any atom is 1.00 e.